The Kier molecular flexibility index (Phi) is 7.43. The SMILES string of the molecule is COc1ccc(-c2ccc(=O)n(CCNC(=O)COc3ccccc3C#N)n2)cc1OC. The van der Waals surface area contributed by atoms with Crippen LogP contribution in [-0.4, -0.2) is 43.1 Å². The summed E-state index contributed by atoms with van der Waals surface area (Å²) in [5, 5.41) is 16.1. The molecule has 0 unspecified atom stereocenters. The summed E-state index contributed by atoms with van der Waals surface area (Å²) >= 11 is 0. The van der Waals surface area contributed by atoms with E-state index in [0.29, 0.717) is 28.5 Å². The lowest BCUT2D eigenvalue weighted by Gasteiger charge is -2.11. The molecule has 0 radical (unpaired) electrons. The van der Waals surface area contributed by atoms with Gasteiger partial charge in [0.2, 0.25) is 0 Å². The maximum absolute atomic E-state index is 12.2. The molecule has 9 nitrogen and oxygen atoms in total. The molecule has 1 amide bonds. The van der Waals surface area contributed by atoms with Gasteiger partial charge in [-0.3, -0.25) is 9.59 Å². The molecule has 2 aromatic carbocycles. The van der Waals surface area contributed by atoms with Crippen molar-refractivity contribution in [2.45, 2.75) is 6.54 Å². The number of nitriles is 1. The van der Waals surface area contributed by atoms with Gasteiger partial charge in [0, 0.05) is 18.2 Å². The number of hydrogen-bond donors (Lipinski definition) is 1. The van der Waals surface area contributed by atoms with E-state index in [1.165, 1.54) is 10.7 Å². The first-order valence-corrected chi connectivity index (χ1v) is 9.75. The minimum absolute atomic E-state index is 0.181. The Morgan fingerprint density at radius 1 is 1.06 bits per heavy atom. The molecule has 0 saturated heterocycles. The molecule has 0 fully saturated rings. The molecule has 32 heavy (non-hydrogen) atoms. The average molecular weight is 434 g/mol. The number of carbonyl (C=O) groups is 1. The van der Waals surface area contributed by atoms with E-state index >= 15 is 0 Å². The summed E-state index contributed by atoms with van der Waals surface area (Å²) in [4.78, 5) is 24.2. The van der Waals surface area contributed by atoms with E-state index in [0.717, 1.165) is 5.56 Å². The lowest BCUT2D eigenvalue weighted by molar-refractivity contribution is -0.123. The number of ether oxygens (including phenoxy) is 3. The smallest absolute Gasteiger partial charge is 0.266 e. The van der Waals surface area contributed by atoms with Crippen LogP contribution in [0.4, 0.5) is 0 Å². The highest BCUT2D eigenvalue weighted by molar-refractivity contribution is 5.77. The van der Waals surface area contributed by atoms with Gasteiger partial charge in [0.15, 0.2) is 18.1 Å². The summed E-state index contributed by atoms with van der Waals surface area (Å²) in [5.41, 5.74) is 1.39. The largest absolute Gasteiger partial charge is 0.493 e. The second-order valence-electron chi connectivity index (χ2n) is 6.60. The monoisotopic (exact) mass is 434 g/mol. The first kappa shape index (κ1) is 22.4. The Hall–Kier alpha value is -4.32. The van der Waals surface area contributed by atoms with Crippen LogP contribution in [0.25, 0.3) is 11.3 Å². The van der Waals surface area contributed by atoms with Crippen LogP contribution in [0.3, 0.4) is 0 Å². The number of para-hydroxylation sites is 1. The third kappa shape index (κ3) is 5.43. The van der Waals surface area contributed by atoms with Crippen molar-refractivity contribution in [1.82, 2.24) is 15.1 Å². The Morgan fingerprint density at radius 3 is 2.59 bits per heavy atom. The van der Waals surface area contributed by atoms with Crippen molar-refractivity contribution in [2.75, 3.05) is 27.4 Å². The van der Waals surface area contributed by atoms with Crippen molar-refractivity contribution < 1.29 is 19.0 Å². The molecular weight excluding hydrogens is 412 g/mol. The lowest BCUT2D eigenvalue weighted by Crippen LogP contribution is -2.34. The number of hydrogen-bond acceptors (Lipinski definition) is 7. The van der Waals surface area contributed by atoms with Gasteiger partial charge in [-0.1, -0.05) is 12.1 Å². The van der Waals surface area contributed by atoms with Gasteiger partial charge in [0.1, 0.15) is 11.8 Å². The molecule has 0 aliphatic carbocycles. The van der Waals surface area contributed by atoms with Crippen LogP contribution in [0.15, 0.2) is 59.4 Å². The number of amides is 1. The minimum Gasteiger partial charge on any atom is -0.493 e. The van der Waals surface area contributed by atoms with E-state index in [4.69, 9.17) is 19.5 Å². The first-order chi connectivity index (χ1) is 15.5. The van der Waals surface area contributed by atoms with Crippen LogP contribution in [0.1, 0.15) is 5.56 Å². The minimum atomic E-state index is -0.373. The Bertz CT molecular complexity index is 1200. The van der Waals surface area contributed by atoms with E-state index in [1.54, 1.807) is 56.7 Å². The fraction of sp³-hybridized carbons (Fsp3) is 0.217. The fourth-order valence-corrected chi connectivity index (χ4v) is 2.94. The predicted molar refractivity (Wildman–Crippen MR) is 117 cm³/mol. The molecule has 0 atom stereocenters. The van der Waals surface area contributed by atoms with Crippen molar-refractivity contribution in [3.05, 3.63) is 70.5 Å². The van der Waals surface area contributed by atoms with Gasteiger partial charge >= 0.3 is 0 Å². The van der Waals surface area contributed by atoms with Gasteiger partial charge in [0.05, 0.1) is 32.0 Å². The van der Waals surface area contributed by atoms with Gasteiger partial charge in [0.25, 0.3) is 11.5 Å². The molecule has 0 bridgehead atoms. The van der Waals surface area contributed by atoms with Crippen molar-refractivity contribution in [2.24, 2.45) is 0 Å². The zero-order valence-corrected chi connectivity index (χ0v) is 17.7. The zero-order chi connectivity index (χ0) is 22.9. The van der Waals surface area contributed by atoms with E-state index in [1.807, 2.05) is 12.1 Å². The molecule has 0 aliphatic rings. The normalized spacial score (nSPS) is 10.2. The van der Waals surface area contributed by atoms with Gasteiger partial charge in [-0.2, -0.15) is 10.4 Å². The third-order valence-electron chi connectivity index (χ3n) is 4.56. The molecule has 1 heterocycles. The van der Waals surface area contributed by atoms with Crippen molar-refractivity contribution >= 4 is 5.91 Å². The molecule has 1 N–H and O–H groups in total. The first-order valence-electron chi connectivity index (χ1n) is 9.75. The highest BCUT2D eigenvalue weighted by Gasteiger charge is 2.10. The van der Waals surface area contributed by atoms with Crippen LogP contribution in [-0.2, 0) is 11.3 Å². The lowest BCUT2D eigenvalue weighted by atomic mass is 10.1. The summed E-state index contributed by atoms with van der Waals surface area (Å²) in [6, 6.07) is 17.1. The maximum atomic E-state index is 12.2. The highest BCUT2D eigenvalue weighted by atomic mass is 16.5. The van der Waals surface area contributed by atoms with Crippen LogP contribution in [0.2, 0.25) is 0 Å². The Labute approximate surface area is 184 Å². The zero-order valence-electron chi connectivity index (χ0n) is 17.7. The van der Waals surface area contributed by atoms with Crippen molar-refractivity contribution in [3.8, 4) is 34.6 Å². The summed E-state index contributed by atoms with van der Waals surface area (Å²) in [5.74, 6) is 1.11. The van der Waals surface area contributed by atoms with E-state index in [-0.39, 0.29) is 31.2 Å². The number of carbonyl (C=O) groups excluding carboxylic acids is 1. The summed E-state index contributed by atoms with van der Waals surface area (Å²) in [6.07, 6.45) is 0. The topological polar surface area (TPSA) is 115 Å². The number of methoxy groups -OCH3 is 2. The van der Waals surface area contributed by atoms with Crippen LogP contribution < -0.4 is 25.1 Å². The standard InChI is InChI=1S/C23H22N4O5/c1-30-20-9-7-16(13-21(20)31-2)18-8-10-23(29)27(26-18)12-11-25-22(28)15-32-19-6-4-3-5-17(19)14-24/h3-10,13H,11-12,15H2,1-2H3,(H,25,28). The van der Waals surface area contributed by atoms with Gasteiger partial charge in [-0.05, 0) is 36.4 Å². The van der Waals surface area contributed by atoms with Crippen molar-refractivity contribution in [1.29, 1.82) is 5.26 Å². The Morgan fingerprint density at radius 2 is 1.84 bits per heavy atom. The molecule has 3 aromatic rings. The van der Waals surface area contributed by atoms with Crippen LogP contribution in [0, 0.1) is 11.3 Å². The second kappa shape index (κ2) is 10.6. The quantitative estimate of drug-likeness (QED) is 0.548. The maximum Gasteiger partial charge on any atom is 0.266 e. The van der Waals surface area contributed by atoms with E-state index in [2.05, 4.69) is 10.4 Å². The Balaban J connectivity index is 1.60. The molecule has 0 spiro atoms. The fourth-order valence-electron chi connectivity index (χ4n) is 2.94. The highest BCUT2D eigenvalue weighted by Crippen LogP contribution is 2.31. The van der Waals surface area contributed by atoms with E-state index in [9.17, 15) is 9.59 Å². The molecule has 3 rings (SSSR count). The number of aromatic nitrogens is 2. The molecule has 9 heteroatoms. The molecule has 0 saturated carbocycles. The molecule has 164 valence electrons. The van der Waals surface area contributed by atoms with Gasteiger partial charge in [-0.25, -0.2) is 4.68 Å². The molecule has 1 aromatic heterocycles. The second-order valence-corrected chi connectivity index (χ2v) is 6.60. The van der Waals surface area contributed by atoms with Crippen LogP contribution >= 0.6 is 0 Å². The molecule has 0 aliphatic heterocycles. The van der Waals surface area contributed by atoms with E-state index < -0.39 is 0 Å². The van der Waals surface area contributed by atoms with Gasteiger partial charge in [-0.15, -0.1) is 0 Å². The van der Waals surface area contributed by atoms with Crippen molar-refractivity contribution in [3.63, 3.8) is 0 Å². The number of nitrogens with zero attached hydrogens (tertiary/aromatic N) is 3. The van der Waals surface area contributed by atoms with Gasteiger partial charge < -0.3 is 19.5 Å². The molecular formula is C23H22N4O5. The predicted octanol–water partition coefficient (Wildman–Crippen LogP) is 1.99. The summed E-state index contributed by atoms with van der Waals surface area (Å²) < 4.78 is 17.2. The van der Waals surface area contributed by atoms with Crippen LogP contribution in [0.5, 0.6) is 17.2 Å². The summed E-state index contributed by atoms with van der Waals surface area (Å²) in [7, 11) is 3.10. The number of benzene rings is 2. The number of rotatable bonds is 9. The number of nitrogens with one attached hydrogen (secondary N) is 1. The summed E-state index contributed by atoms with van der Waals surface area (Å²) in [6.45, 7) is 0.123. The third-order valence-corrected chi connectivity index (χ3v) is 4.56. The average Bonchev–Trinajstić information content (AvgIpc) is 2.83.